The van der Waals surface area contributed by atoms with Crippen molar-refractivity contribution in [3.8, 4) is 0 Å². The van der Waals surface area contributed by atoms with Crippen molar-refractivity contribution in [3.63, 3.8) is 0 Å². The van der Waals surface area contributed by atoms with E-state index in [9.17, 15) is 4.79 Å². The zero-order chi connectivity index (χ0) is 16.7. The second-order valence-corrected chi connectivity index (χ2v) is 5.28. The molecule has 0 aliphatic rings. The Labute approximate surface area is 137 Å². The molecule has 0 saturated heterocycles. The van der Waals surface area contributed by atoms with Crippen LogP contribution in [-0.2, 0) is 4.79 Å². The van der Waals surface area contributed by atoms with Gasteiger partial charge in [0.15, 0.2) is 0 Å². The molecule has 0 radical (unpaired) electrons. The number of hydrogen-bond donors (Lipinski definition) is 1. The van der Waals surface area contributed by atoms with Crippen molar-refractivity contribution < 1.29 is 9.90 Å². The fraction of sp³-hybridized carbons (Fsp3) is 0.0952. The van der Waals surface area contributed by atoms with Gasteiger partial charge in [0.2, 0.25) is 0 Å². The average Bonchev–Trinajstić information content (AvgIpc) is 2.59. The predicted molar refractivity (Wildman–Crippen MR) is 96.1 cm³/mol. The van der Waals surface area contributed by atoms with E-state index in [0.717, 1.165) is 22.3 Å². The van der Waals surface area contributed by atoms with Gasteiger partial charge in [0, 0.05) is 0 Å². The Hall–Kier alpha value is -2.87. The molecular formula is C21H20O2. The third-order valence-corrected chi connectivity index (χ3v) is 3.67. The van der Waals surface area contributed by atoms with Crippen LogP contribution in [-0.4, -0.2) is 11.1 Å². The van der Waals surface area contributed by atoms with E-state index in [-0.39, 0.29) is 0 Å². The average molecular weight is 304 g/mol. The molecule has 0 bridgehead atoms. The number of hydrogen-bond acceptors (Lipinski definition) is 1. The van der Waals surface area contributed by atoms with Gasteiger partial charge in [-0.25, -0.2) is 0 Å². The quantitative estimate of drug-likeness (QED) is 0.749. The van der Waals surface area contributed by atoms with Crippen LogP contribution < -0.4 is 0 Å². The minimum Gasteiger partial charge on any atom is -0.481 e. The molecule has 0 saturated carbocycles. The molecule has 2 rings (SSSR count). The maximum Gasteiger partial charge on any atom is 0.310 e. The topological polar surface area (TPSA) is 37.3 Å². The number of carbonyl (C=O) groups is 1. The molecule has 0 amide bonds. The summed E-state index contributed by atoms with van der Waals surface area (Å²) in [7, 11) is 0. The van der Waals surface area contributed by atoms with Gasteiger partial charge in [-0.15, -0.1) is 0 Å². The monoisotopic (exact) mass is 304 g/mol. The molecule has 0 heterocycles. The minimum absolute atomic E-state index is 0.507. The van der Waals surface area contributed by atoms with Gasteiger partial charge >= 0.3 is 5.97 Å². The van der Waals surface area contributed by atoms with Crippen LogP contribution in [0.1, 0.15) is 29.5 Å². The second-order valence-electron chi connectivity index (χ2n) is 5.28. The van der Waals surface area contributed by atoms with Crippen LogP contribution in [0, 0.1) is 0 Å². The van der Waals surface area contributed by atoms with E-state index in [1.54, 1.807) is 6.92 Å². The SMILES string of the molecule is C=C/C(=C\C=C\c1cccc(C(C)C(=O)O)c1)c1ccccc1. The Kier molecular flexibility index (Phi) is 5.70. The highest BCUT2D eigenvalue weighted by Gasteiger charge is 2.12. The van der Waals surface area contributed by atoms with Gasteiger partial charge < -0.3 is 5.11 Å². The van der Waals surface area contributed by atoms with E-state index in [2.05, 4.69) is 6.58 Å². The fourth-order valence-electron chi connectivity index (χ4n) is 2.25. The van der Waals surface area contributed by atoms with Crippen LogP contribution in [0.5, 0.6) is 0 Å². The molecule has 0 fully saturated rings. The molecule has 2 heteroatoms. The number of rotatable bonds is 6. The molecule has 1 N–H and O–H groups in total. The predicted octanol–water partition coefficient (Wildman–Crippen LogP) is 5.16. The Balaban J connectivity index is 2.20. The maximum atomic E-state index is 11.1. The van der Waals surface area contributed by atoms with Crippen LogP contribution in [0.25, 0.3) is 11.6 Å². The molecule has 2 nitrogen and oxygen atoms in total. The molecular weight excluding hydrogens is 284 g/mol. The summed E-state index contributed by atoms with van der Waals surface area (Å²) in [5.41, 5.74) is 3.93. The Morgan fingerprint density at radius 2 is 1.87 bits per heavy atom. The van der Waals surface area contributed by atoms with Crippen LogP contribution >= 0.6 is 0 Å². The zero-order valence-corrected chi connectivity index (χ0v) is 13.1. The lowest BCUT2D eigenvalue weighted by molar-refractivity contribution is -0.138. The summed E-state index contributed by atoms with van der Waals surface area (Å²) in [5.74, 6) is -1.32. The van der Waals surface area contributed by atoms with Gasteiger partial charge in [-0.05, 0) is 29.2 Å². The van der Waals surface area contributed by atoms with E-state index in [1.165, 1.54) is 0 Å². The van der Waals surface area contributed by atoms with E-state index < -0.39 is 11.9 Å². The third-order valence-electron chi connectivity index (χ3n) is 3.67. The lowest BCUT2D eigenvalue weighted by Crippen LogP contribution is -2.07. The number of aliphatic carboxylic acids is 1. The van der Waals surface area contributed by atoms with E-state index in [4.69, 9.17) is 5.11 Å². The van der Waals surface area contributed by atoms with Gasteiger partial charge in [-0.1, -0.05) is 85.5 Å². The summed E-state index contributed by atoms with van der Waals surface area (Å²) in [6, 6.07) is 17.6. The van der Waals surface area contributed by atoms with Crippen molar-refractivity contribution >= 4 is 17.6 Å². The van der Waals surface area contributed by atoms with Gasteiger partial charge in [-0.2, -0.15) is 0 Å². The summed E-state index contributed by atoms with van der Waals surface area (Å²) in [5, 5.41) is 9.09. The Morgan fingerprint density at radius 1 is 1.13 bits per heavy atom. The molecule has 2 aromatic carbocycles. The minimum atomic E-state index is -0.816. The van der Waals surface area contributed by atoms with E-state index in [0.29, 0.717) is 0 Å². The zero-order valence-electron chi connectivity index (χ0n) is 13.1. The van der Waals surface area contributed by atoms with Crippen molar-refractivity contribution in [1.82, 2.24) is 0 Å². The smallest absolute Gasteiger partial charge is 0.310 e. The standard InChI is InChI=1S/C21H20O2/c1-3-18(19-11-5-4-6-12-19)13-7-9-17-10-8-14-20(15-17)16(2)21(22)23/h3-16H,1H2,2H3,(H,22,23)/b9-7+,18-13+. The van der Waals surface area contributed by atoms with Gasteiger partial charge in [-0.3, -0.25) is 4.79 Å². The van der Waals surface area contributed by atoms with E-state index >= 15 is 0 Å². The maximum absolute atomic E-state index is 11.1. The second kappa shape index (κ2) is 7.95. The summed E-state index contributed by atoms with van der Waals surface area (Å²) >= 11 is 0. The first-order valence-electron chi connectivity index (χ1n) is 7.51. The van der Waals surface area contributed by atoms with Crippen molar-refractivity contribution in [1.29, 1.82) is 0 Å². The lowest BCUT2D eigenvalue weighted by atomic mass is 9.99. The number of allylic oxidation sites excluding steroid dienone is 4. The molecule has 2 aromatic rings. The lowest BCUT2D eigenvalue weighted by Gasteiger charge is -2.06. The van der Waals surface area contributed by atoms with Crippen molar-refractivity contribution in [2.45, 2.75) is 12.8 Å². The number of benzene rings is 2. The molecule has 1 unspecified atom stereocenters. The van der Waals surface area contributed by atoms with Gasteiger partial charge in [0.05, 0.1) is 5.92 Å². The molecule has 0 aliphatic heterocycles. The number of carboxylic acid groups (broad SMARTS) is 1. The first-order chi connectivity index (χ1) is 11.1. The van der Waals surface area contributed by atoms with Crippen molar-refractivity contribution in [2.75, 3.05) is 0 Å². The fourth-order valence-corrected chi connectivity index (χ4v) is 2.25. The highest BCUT2D eigenvalue weighted by Crippen LogP contribution is 2.18. The Bertz CT molecular complexity index is 739. The molecule has 1 atom stereocenters. The number of carboxylic acids is 1. The van der Waals surface area contributed by atoms with Crippen molar-refractivity contribution in [3.05, 3.63) is 96.1 Å². The van der Waals surface area contributed by atoms with E-state index in [1.807, 2.05) is 78.9 Å². The van der Waals surface area contributed by atoms with Crippen LogP contribution in [0.2, 0.25) is 0 Å². The normalized spacial score (nSPS) is 13.0. The highest BCUT2D eigenvalue weighted by atomic mass is 16.4. The third kappa shape index (κ3) is 4.55. The summed E-state index contributed by atoms with van der Waals surface area (Å²) in [6.45, 7) is 5.54. The molecule has 116 valence electrons. The van der Waals surface area contributed by atoms with Gasteiger partial charge in [0.25, 0.3) is 0 Å². The summed E-state index contributed by atoms with van der Waals surface area (Å²) in [4.78, 5) is 11.1. The first kappa shape index (κ1) is 16.5. The largest absolute Gasteiger partial charge is 0.481 e. The summed E-state index contributed by atoms with van der Waals surface area (Å²) in [6.07, 6.45) is 7.73. The van der Waals surface area contributed by atoms with Crippen LogP contribution in [0.3, 0.4) is 0 Å². The molecule has 23 heavy (non-hydrogen) atoms. The van der Waals surface area contributed by atoms with Gasteiger partial charge in [0.1, 0.15) is 0 Å². The summed E-state index contributed by atoms with van der Waals surface area (Å²) < 4.78 is 0. The Morgan fingerprint density at radius 3 is 2.52 bits per heavy atom. The van der Waals surface area contributed by atoms with Crippen molar-refractivity contribution in [2.24, 2.45) is 0 Å². The first-order valence-corrected chi connectivity index (χ1v) is 7.51. The molecule has 0 aliphatic carbocycles. The van der Waals surface area contributed by atoms with Crippen LogP contribution in [0.15, 0.2) is 79.4 Å². The molecule has 0 spiro atoms. The molecule has 0 aromatic heterocycles. The van der Waals surface area contributed by atoms with Crippen LogP contribution in [0.4, 0.5) is 0 Å². The highest BCUT2D eigenvalue weighted by molar-refractivity contribution is 5.77.